The fraction of sp³-hybridized carbons (Fsp3) is 0.292. The van der Waals surface area contributed by atoms with E-state index in [0.717, 1.165) is 16.2 Å². The molecule has 1 unspecified atom stereocenters. The summed E-state index contributed by atoms with van der Waals surface area (Å²) in [4.78, 5) is 28.2. The van der Waals surface area contributed by atoms with Gasteiger partial charge in [0.15, 0.2) is 5.11 Å². The molecule has 8 heteroatoms. The van der Waals surface area contributed by atoms with Crippen LogP contribution in [0.4, 0.5) is 5.69 Å². The fourth-order valence-electron chi connectivity index (χ4n) is 3.54. The van der Waals surface area contributed by atoms with Gasteiger partial charge in [-0.2, -0.15) is 0 Å². The normalized spacial score (nSPS) is 15.9. The first kappa shape index (κ1) is 23.8. The van der Waals surface area contributed by atoms with Gasteiger partial charge in [-0.25, -0.2) is 4.79 Å². The summed E-state index contributed by atoms with van der Waals surface area (Å²) in [5.74, 6) is -0.173. The molecule has 2 aromatic carbocycles. The molecule has 1 aliphatic heterocycles. The van der Waals surface area contributed by atoms with Gasteiger partial charge in [-0.3, -0.25) is 4.79 Å². The van der Waals surface area contributed by atoms with E-state index in [0.29, 0.717) is 28.7 Å². The first-order chi connectivity index (χ1) is 15.4. The molecule has 6 nitrogen and oxygen atoms in total. The number of hydrogen-bond acceptors (Lipinski definition) is 5. The highest BCUT2D eigenvalue weighted by molar-refractivity contribution is 8.00. The van der Waals surface area contributed by atoms with Crippen LogP contribution >= 0.6 is 24.0 Å². The van der Waals surface area contributed by atoms with Gasteiger partial charge in [-0.05, 0) is 62.8 Å². The molecule has 3 rings (SSSR count). The number of carbonyl (C=O) groups is 2. The summed E-state index contributed by atoms with van der Waals surface area (Å²) >= 11 is 7.00. The average Bonchev–Trinajstić information content (AvgIpc) is 2.78. The van der Waals surface area contributed by atoms with Gasteiger partial charge in [0.2, 0.25) is 5.91 Å². The Morgan fingerprint density at radius 2 is 1.91 bits per heavy atom. The zero-order valence-corrected chi connectivity index (χ0v) is 20.0. The summed E-state index contributed by atoms with van der Waals surface area (Å²) in [6.07, 6.45) is 0. The Hall–Kier alpha value is -2.84. The second-order valence-electron chi connectivity index (χ2n) is 7.12. The van der Waals surface area contributed by atoms with E-state index >= 15 is 0 Å². The van der Waals surface area contributed by atoms with Gasteiger partial charge in [0.25, 0.3) is 0 Å². The SMILES string of the molecule is CCOC(=O)C1=C(C)N(CC)C(=S)NC1c1cccc(NC(=O)CSc2ccccc2)c1. The van der Waals surface area contributed by atoms with Gasteiger partial charge in [0.1, 0.15) is 0 Å². The van der Waals surface area contributed by atoms with Crippen LogP contribution in [0.15, 0.2) is 70.8 Å². The lowest BCUT2D eigenvalue weighted by Crippen LogP contribution is -2.47. The second-order valence-corrected chi connectivity index (χ2v) is 8.56. The summed E-state index contributed by atoms with van der Waals surface area (Å²) in [7, 11) is 0. The van der Waals surface area contributed by atoms with Gasteiger partial charge < -0.3 is 20.3 Å². The van der Waals surface area contributed by atoms with Gasteiger partial charge >= 0.3 is 5.97 Å². The van der Waals surface area contributed by atoms with E-state index in [9.17, 15) is 9.59 Å². The molecule has 0 saturated heterocycles. The third-order valence-electron chi connectivity index (χ3n) is 5.02. The minimum absolute atomic E-state index is 0.0994. The van der Waals surface area contributed by atoms with E-state index in [1.165, 1.54) is 11.8 Å². The number of esters is 1. The lowest BCUT2D eigenvalue weighted by Gasteiger charge is -2.37. The van der Waals surface area contributed by atoms with Gasteiger partial charge in [-0.1, -0.05) is 30.3 Å². The van der Waals surface area contributed by atoms with Crippen LogP contribution in [0.3, 0.4) is 0 Å². The summed E-state index contributed by atoms with van der Waals surface area (Å²) < 4.78 is 5.32. The van der Waals surface area contributed by atoms with Crippen molar-refractivity contribution in [1.82, 2.24) is 10.2 Å². The molecular weight excluding hydrogens is 442 g/mol. The molecule has 2 N–H and O–H groups in total. The number of thioether (sulfide) groups is 1. The number of rotatable bonds is 8. The summed E-state index contributed by atoms with van der Waals surface area (Å²) in [6.45, 7) is 6.56. The Kier molecular flexibility index (Phi) is 8.30. The van der Waals surface area contributed by atoms with E-state index < -0.39 is 6.04 Å². The number of carbonyl (C=O) groups excluding carboxylic acids is 2. The van der Waals surface area contributed by atoms with Crippen molar-refractivity contribution in [3.05, 3.63) is 71.4 Å². The molecule has 0 aromatic heterocycles. The number of anilines is 1. The number of ether oxygens (including phenoxy) is 1. The molecule has 0 bridgehead atoms. The quantitative estimate of drug-likeness (QED) is 0.335. The Morgan fingerprint density at radius 1 is 1.16 bits per heavy atom. The molecule has 0 aliphatic carbocycles. The number of nitrogens with zero attached hydrogens (tertiary/aromatic N) is 1. The molecule has 1 heterocycles. The number of amides is 1. The first-order valence-corrected chi connectivity index (χ1v) is 11.9. The highest BCUT2D eigenvalue weighted by Crippen LogP contribution is 2.32. The number of thiocarbonyl (C=S) groups is 1. The van der Waals surface area contributed by atoms with Crippen LogP contribution in [-0.4, -0.2) is 40.8 Å². The zero-order chi connectivity index (χ0) is 23.1. The Balaban J connectivity index is 1.80. The summed E-state index contributed by atoms with van der Waals surface area (Å²) in [6, 6.07) is 16.8. The summed E-state index contributed by atoms with van der Waals surface area (Å²) in [5, 5.41) is 6.76. The number of benzene rings is 2. The molecule has 0 saturated carbocycles. The monoisotopic (exact) mass is 469 g/mol. The van der Waals surface area contributed by atoms with E-state index in [2.05, 4.69) is 10.6 Å². The Morgan fingerprint density at radius 3 is 2.59 bits per heavy atom. The van der Waals surface area contributed by atoms with Gasteiger partial charge in [-0.15, -0.1) is 11.8 Å². The summed E-state index contributed by atoms with van der Waals surface area (Å²) in [5.41, 5.74) is 2.77. The maximum absolute atomic E-state index is 12.8. The lowest BCUT2D eigenvalue weighted by atomic mass is 9.94. The molecule has 1 amide bonds. The van der Waals surface area contributed by atoms with Gasteiger partial charge in [0, 0.05) is 22.8 Å². The predicted octanol–water partition coefficient (Wildman–Crippen LogP) is 4.51. The molecule has 32 heavy (non-hydrogen) atoms. The third kappa shape index (κ3) is 5.69. The molecule has 2 aromatic rings. The van der Waals surface area contributed by atoms with Gasteiger partial charge in [0.05, 0.1) is 24.0 Å². The predicted molar refractivity (Wildman–Crippen MR) is 132 cm³/mol. The minimum Gasteiger partial charge on any atom is -0.463 e. The van der Waals surface area contributed by atoms with Crippen molar-refractivity contribution in [3.63, 3.8) is 0 Å². The Labute approximate surface area is 198 Å². The van der Waals surface area contributed by atoms with Crippen molar-refractivity contribution >= 4 is 46.7 Å². The maximum Gasteiger partial charge on any atom is 0.338 e. The highest BCUT2D eigenvalue weighted by atomic mass is 32.2. The van der Waals surface area contributed by atoms with Crippen molar-refractivity contribution in [2.24, 2.45) is 0 Å². The van der Waals surface area contributed by atoms with E-state index in [4.69, 9.17) is 17.0 Å². The third-order valence-corrected chi connectivity index (χ3v) is 6.37. The molecular formula is C24H27N3O3S2. The van der Waals surface area contributed by atoms with Crippen LogP contribution in [0, 0.1) is 0 Å². The Bertz CT molecular complexity index is 1020. The highest BCUT2D eigenvalue weighted by Gasteiger charge is 2.34. The van der Waals surface area contributed by atoms with Crippen LogP contribution < -0.4 is 10.6 Å². The first-order valence-electron chi connectivity index (χ1n) is 10.5. The van der Waals surface area contributed by atoms with E-state index in [-0.39, 0.29) is 18.5 Å². The molecule has 1 aliphatic rings. The van der Waals surface area contributed by atoms with Crippen LogP contribution in [0.25, 0.3) is 0 Å². The van der Waals surface area contributed by atoms with Crippen molar-refractivity contribution in [3.8, 4) is 0 Å². The van der Waals surface area contributed by atoms with Crippen LogP contribution in [0.1, 0.15) is 32.4 Å². The van der Waals surface area contributed by atoms with Crippen molar-refractivity contribution in [2.75, 3.05) is 24.2 Å². The number of nitrogens with one attached hydrogen (secondary N) is 2. The van der Waals surface area contributed by atoms with E-state index in [1.807, 2.05) is 73.3 Å². The smallest absolute Gasteiger partial charge is 0.338 e. The second kappa shape index (κ2) is 11.2. The lowest BCUT2D eigenvalue weighted by molar-refractivity contribution is -0.139. The molecule has 0 spiro atoms. The molecule has 168 valence electrons. The standard InChI is InChI=1S/C24H27N3O3S2/c1-4-27-16(3)21(23(29)30-5-2)22(26-24(27)31)17-10-9-11-18(14-17)25-20(28)15-32-19-12-7-6-8-13-19/h6-14,22H,4-5,15H2,1-3H3,(H,25,28)(H,26,31). The molecule has 0 radical (unpaired) electrons. The largest absolute Gasteiger partial charge is 0.463 e. The van der Waals surface area contributed by atoms with Crippen LogP contribution in [-0.2, 0) is 14.3 Å². The fourth-order valence-corrected chi connectivity index (χ4v) is 4.65. The van der Waals surface area contributed by atoms with Crippen LogP contribution in [0.2, 0.25) is 0 Å². The van der Waals surface area contributed by atoms with Crippen LogP contribution in [0.5, 0.6) is 0 Å². The topological polar surface area (TPSA) is 70.7 Å². The van der Waals surface area contributed by atoms with Crippen molar-refractivity contribution in [2.45, 2.75) is 31.7 Å². The van der Waals surface area contributed by atoms with Crippen molar-refractivity contribution < 1.29 is 14.3 Å². The number of allylic oxidation sites excluding steroid dienone is 1. The van der Waals surface area contributed by atoms with E-state index in [1.54, 1.807) is 6.92 Å². The maximum atomic E-state index is 12.8. The molecule has 1 atom stereocenters. The number of hydrogen-bond donors (Lipinski definition) is 2. The molecule has 0 fully saturated rings. The minimum atomic E-state index is -0.458. The van der Waals surface area contributed by atoms with Crippen molar-refractivity contribution in [1.29, 1.82) is 0 Å². The zero-order valence-electron chi connectivity index (χ0n) is 18.4. The average molecular weight is 470 g/mol.